The lowest BCUT2D eigenvalue weighted by molar-refractivity contribution is -0.106. The average molecular weight is 172 g/mol. The van der Waals surface area contributed by atoms with Gasteiger partial charge in [0, 0.05) is 0 Å². The molecular weight excluding hydrogens is 152 g/mol. The van der Waals surface area contributed by atoms with Crippen molar-refractivity contribution in [2.75, 3.05) is 0 Å². The lowest BCUT2D eigenvalue weighted by atomic mass is 9.73. The van der Waals surface area contributed by atoms with E-state index in [-0.39, 0.29) is 0 Å². The van der Waals surface area contributed by atoms with Gasteiger partial charge in [-0.15, -0.1) is 0 Å². The van der Waals surface area contributed by atoms with E-state index >= 15 is 0 Å². The normalized spacial score (nSPS) is 43.5. The van der Waals surface area contributed by atoms with Gasteiger partial charge in [-0.05, 0) is 38.0 Å². The number of aliphatic hydroxyl groups is 2. The van der Waals surface area contributed by atoms with E-state index in [4.69, 9.17) is 0 Å². The van der Waals surface area contributed by atoms with Gasteiger partial charge in [0.2, 0.25) is 0 Å². The van der Waals surface area contributed by atoms with Crippen LogP contribution in [0.4, 0.5) is 0 Å². The Hall–Kier alpha value is -0.0800. The molecule has 72 valence electrons. The molecule has 0 amide bonds. The lowest BCUT2D eigenvalue weighted by Gasteiger charge is -2.39. The fourth-order valence-corrected chi connectivity index (χ4v) is 2.02. The number of aliphatic hydroxyl groups excluding tert-OH is 1. The molecule has 0 spiro atoms. The molecule has 1 saturated carbocycles. The van der Waals surface area contributed by atoms with E-state index < -0.39 is 11.7 Å². The molecule has 0 aromatic rings. The summed E-state index contributed by atoms with van der Waals surface area (Å²) in [6.45, 7) is 6.10. The van der Waals surface area contributed by atoms with E-state index in [0.29, 0.717) is 11.8 Å². The first-order chi connectivity index (χ1) is 5.43. The molecule has 2 nitrogen and oxygen atoms in total. The van der Waals surface area contributed by atoms with Crippen molar-refractivity contribution >= 4 is 0 Å². The standard InChI is InChI=1S/C10H20O2/c1-7(2)8-4-5-9(11)10(3,12)6-8/h7-9,11-12H,4-6H2,1-3H3/t8-,9?,10?/m1/s1. The van der Waals surface area contributed by atoms with Gasteiger partial charge in [0.1, 0.15) is 0 Å². The summed E-state index contributed by atoms with van der Waals surface area (Å²) in [5, 5.41) is 19.3. The second kappa shape index (κ2) is 3.35. The van der Waals surface area contributed by atoms with Crippen molar-refractivity contribution in [2.24, 2.45) is 11.8 Å². The van der Waals surface area contributed by atoms with Crippen LogP contribution in [0.2, 0.25) is 0 Å². The van der Waals surface area contributed by atoms with Crippen molar-refractivity contribution in [1.82, 2.24) is 0 Å². The van der Waals surface area contributed by atoms with Gasteiger partial charge in [-0.1, -0.05) is 13.8 Å². The average Bonchev–Trinajstić information content (AvgIpc) is 1.94. The monoisotopic (exact) mass is 172 g/mol. The van der Waals surface area contributed by atoms with E-state index in [1.54, 1.807) is 6.92 Å². The van der Waals surface area contributed by atoms with Crippen molar-refractivity contribution in [2.45, 2.75) is 51.7 Å². The molecule has 2 unspecified atom stereocenters. The highest BCUT2D eigenvalue weighted by molar-refractivity contribution is 4.90. The predicted molar refractivity (Wildman–Crippen MR) is 48.8 cm³/mol. The van der Waals surface area contributed by atoms with Crippen LogP contribution in [0.3, 0.4) is 0 Å². The van der Waals surface area contributed by atoms with Crippen LogP contribution in [0.15, 0.2) is 0 Å². The van der Waals surface area contributed by atoms with Crippen molar-refractivity contribution in [3.05, 3.63) is 0 Å². The third-order valence-electron chi connectivity index (χ3n) is 3.15. The number of rotatable bonds is 1. The van der Waals surface area contributed by atoms with Crippen molar-refractivity contribution in [3.63, 3.8) is 0 Å². The van der Waals surface area contributed by atoms with E-state index in [9.17, 15) is 10.2 Å². The third kappa shape index (κ3) is 1.99. The van der Waals surface area contributed by atoms with Gasteiger partial charge in [-0.25, -0.2) is 0 Å². The zero-order chi connectivity index (χ0) is 9.35. The molecule has 1 aliphatic carbocycles. The zero-order valence-corrected chi connectivity index (χ0v) is 8.25. The molecule has 12 heavy (non-hydrogen) atoms. The van der Waals surface area contributed by atoms with E-state index in [0.717, 1.165) is 19.3 Å². The maximum Gasteiger partial charge on any atom is 0.0880 e. The summed E-state index contributed by atoms with van der Waals surface area (Å²) in [6.07, 6.45) is 2.02. The first kappa shape index (κ1) is 10.0. The second-order valence-electron chi connectivity index (χ2n) is 4.66. The van der Waals surface area contributed by atoms with Gasteiger partial charge < -0.3 is 10.2 Å². The summed E-state index contributed by atoms with van der Waals surface area (Å²) in [4.78, 5) is 0. The third-order valence-corrected chi connectivity index (χ3v) is 3.15. The fourth-order valence-electron chi connectivity index (χ4n) is 2.02. The maximum atomic E-state index is 9.81. The molecule has 0 saturated heterocycles. The summed E-state index contributed by atoms with van der Waals surface area (Å²) >= 11 is 0. The Balaban J connectivity index is 2.57. The molecule has 0 radical (unpaired) electrons. The summed E-state index contributed by atoms with van der Waals surface area (Å²) in [7, 11) is 0. The quantitative estimate of drug-likeness (QED) is 0.630. The van der Waals surface area contributed by atoms with Crippen molar-refractivity contribution in [1.29, 1.82) is 0 Å². The van der Waals surface area contributed by atoms with E-state index in [2.05, 4.69) is 13.8 Å². The highest BCUT2D eigenvalue weighted by atomic mass is 16.3. The smallest absolute Gasteiger partial charge is 0.0880 e. The van der Waals surface area contributed by atoms with Gasteiger partial charge in [-0.3, -0.25) is 0 Å². The van der Waals surface area contributed by atoms with Crippen LogP contribution in [0, 0.1) is 11.8 Å². The molecule has 0 aromatic heterocycles. The Labute approximate surface area is 74.6 Å². The first-order valence-corrected chi connectivity index (χ1v) is 4.84. The van der Waals surface area contributed by atoms with E-state index in [1.807, 2.05) is 0 Å². The first-order valence-electron chi connectivity index (χ1n) is 4.84. The Bertz CT molecular complexity index is 152. The Kier molecular flexibility index (Phi) is 2.79. The van der Waals surface area contributed by atoms with Crippen LogP contribution in [-0.2, 0) is 0 Å². The van der Waals surface area contributed by atoms with E-state index in [1.165, 1.54) is 0 Å². The lowest BCUT2D eigenvalue weighted by Crippen LogP contribution is -2.45. The van der Waals surface area contributed by atoms with Crippen LogP contribution >= 0.6 is 0 Å². The highest BCUT2D eigenvalue weighted by Crippen LogP contribution is 2.36. The van der Waals surface area contributed by atoms with Crippen LogP contribution in [-0.4, -0.2) is 21.9 Å². The molecule has 0 heterocycles. The fraction of sp³-hybridized carbons (Fsp3) is 1.00. The predicted octanol–water partition coefficient (Wildman–Crippen LogP) is 1.55. The summed E-state index contributed by atoms with van der Waals surface area (Å²) in [6, 6.07) is 0. The topological polar surface area (TPSA) is 40.5 Å². The van der Waals surface area contributed by atoms with Crippen molar-refractivity contribution in [3.8, 4) is 0 Å². The molecule has 0 aromatic carbocycles. The summed E-state index contributed by atoms with van der Waals surface area (Å²) in [5.74, 6) is 1.19. The Morgan fingerprint density at radius 1 is 1.33 bits per heavy atom. The summed E-state index contributed by atoms with van der Waals surface area (Å²) < 4.78 is 0. The SMILES string of the molecule is CC(C)[C@@H]1CCC(O)C(C)(O)C1. The minimum atomic E-state index is -0.854. The number of hydrogen-bond donors (Lipinski definition) is 2. The Morgan fingerprint density at radius 3 is 2.33 bits per heavy atom. The summed E-state index contributed by atoms with van der Waals surface area (Å²) in [5.41, 5.74) is -0.854. The van der Waals surface area contributed by atoms with Gasteiger partial charge in [0.15, 0.2) is 0 Å². The molecule has 1 aliphatic rings. The molecule has 0 aliphatic heterocycles. The highest BCUT2D eigenvalue weighted by Gasteiger charge is 2.38. The molecule has 3 atom stereocenters. The van der Waals surface area contributed by atoms with Crippen LogP contribution < -0.4 is 0 Å². The maximum absolute atomic E-state index is 9.81. The molecular formula is C10H20O2. The molecule has 0 bridgehead atoms. The van der Waals surface area contributed by atoms with Gasteiger partial charge in [0.05, 0.1) is 11.7 Å². The van der Waals surface area contributed by atoms with Gasteiger partial charge in [0.25, 0.3) is 0 Å². The number of hydrogen-bond acceptors (Lipinski definition) is 2. The van der Waals surface area contributed by atoms with Crippen LogP contribution in [0.1, 0.15) is 40.0 Å². The zero-order valence-electron chi connectivity index (χ0n) is 8.25. The molecule has 2 N–H and O–H groups in total. The second-order valence-corrected chi connectivity index (χ2v) is 4.66. The Morgan fingerprint density at radius 2 is 1.92 bits per heavy atom. The molecule has 2 heteroatoms. The minimum Gasteiger partial charge on any atom is -0.390 e. The van der Waals surface area contributed by atoms with Crippen LogP contribution in [0.5, 0.6) is 0 Å². The van der Waals surface area contributed by atoms with Gasteiger partial charge in [-0.2, -0.15) is 0 Å². The van der Waals surface area contributed by atoms with Crippen LogP contribution in [0.25, 0.3) is 0 Å². The van der Waals surface area contributed by atoms with Gasteiger partial charge >= 0.3 is 0 Å². The van der Waals surface area contributed by atoms with Crippen molar-refractivity contribution < 1.29 is 10.2 Å². The largest absolute Gasteiger partial charge is 0.390 e. The molecule has 1 rings (SSSR count). The minimum absolute atomic E-state index is 0.521. The molecule has 1 fully saturated rings.